The number of benzene rings is 1. The minimum absolute atomic E-state index is 0.139. The summed E-state index contributed by atoms with van der Waals surface area (Å²) in [5.74, 6) is 1.27. The van der Waals surface area contributed by atoms with Crippen LogP contribution in [0.2, 0.25) is 0 Å². The predicted molar refractivity (Wildman–Crippen MR) is 83.5 cm³/mol. The van der Waals surface area contributed by atoms with Gasteiger partial charge in [-0.25, -0.2) is 4.98 Å². The lowest BCUT2D eigenvalue weighted by atomic mass is 10.2. The van der Waals surface area contributed by atoms with Crippen LogP contribution in [0.4, 0.5) is 0 Å². The molecule has 0 atom stereocenters. The Hall–Kier alpha value is -1.44. The average molecular weight is 321 g/mol. The molecular formula is C14H15N3O2S2. The van der Waals surface area contributed by atoms with E-state index in [9.17, 15) is 4.79 Å². The van der Waals surface area contributed by atoms with Crippen LogP contribution < -0.4 is 0 Å². The molecule has 0 saturated carbocycles. The molecule has 2 heterocycles. The molecule has 1 aliphatic rings. The van der Waals surface area contributed by atoms with Crippen LogP contribution >= 0.6 is 23.3 Å². The van der Waals surface area contributed by atoms with Gasteiger partial charge in [0.15, 0.2) is 10.2 Å². The summed E-state index contributed by atoms with van der Waals surface area (Å²) in [5, 5.41) is 0. The summed E-state index contributed by atoms with van der Waals surface area (Å²) in [4.78, 5) is 18.4. The topological polar surface area (TPSA) is 55.3 Å². The summed E-state index contributed by atoms with van der Waals surface area (Å²) >= 11 is 2.79. The van der Waals surface area contributed by atoms with E-state index in [-0.39, 0.29) is 5.91 Å². The Bertz CT molecular complexity index is 597. The number of carbonyl (C=O) groups is 1. The smallest absolute Gasteiger partial charge is 0.233 e. The van der Waals surface area contributed by atoms with E-state index in [2.05, 4.69) is 9.36 Å². The van der Waals surface area contributed by atoms with Crippen molar-refractivity contribution in [3.63, 3.8) is 0 Å². The van der Waals surface area contributed by atoms with E-state index in [0.717, 1.165) is 15.7 Å². The van der Waals surface area contributed by atoms with Crippen molar-refractivity contribution in [2.75, 3.05) is 32.1 Å². The SMILES string of the molecule is O=C(CSc1nc(-c2ccccc2)ns1)N1CCOCC1. The van der Waals surface area contributed by atoms with E-state index in [1.165, 1.54) is 23.3 Å². The molecule has 1 aromatic carbocycles. The van der Waals surface area contributed by atoms with Crippen LogP contribution in [0, 0.1) is 0 Å². The molecule has 1 amide bonds. The van der Waals surface area contributed by atoms with Crippen molar-refractivity contribution in [2.24, 2.45) is 0 Å². The highest BCUT2D eigenvalue weighted by Crippen LogP contribution is 2.25. The van der Waals surface area contributed by atoms with Crippen LogP contribution in [0.5, 0.6) is 0 Å². The van der Waals surface area contributed by atoms with Gasteiger partial charge in [0.2, 0.25) is 5.91 Å². The van der Waals surface area contributed by atoms with Gasteiger partial charge >= 0.3 is 0 Å². The summed E-state index contributed by atoms with van der Waals surface area (Å²) in [7, 11) is 0. The number of hydrogen-bond acceptors (Lipinski definition) is 6. The lowest BCUT2D eigenvalue weighted by Gasteiger charge is -2.26. The fourth-order valence-electron chi connectivity index (χ4n) is 2.00. The van der Waals surface area contributed by atoms with Crippen LogP contribution in [0.3, 0.4) is 0 Å². The lowest BCUT2D eigenvalue weighted by Crippen LogP contribution is -2.41. The maximum Gasteiger partial charge on any atom is 0.233 e. The number of rotatable bonds is 4. The molecule has 1 aromatic heterocycles. The van der Waals surface area contributed by atoms with Gasteiger partial charge in [0, 0.05) is 18.7 Å². The molecule has 0 aliphatic carbocycles. The molecule has 1 fully saturated rings. The normalized spacial score (nSPS) is 15.1. The van der Waals surface area contributed by atoms with Crippen molar-refractivity contribution in [3.8, 4) is 11.4 Å². The van der Waals surface area contributed by atoms with Crippen LogP contribution in [0.1, 0.15) is 0 Å². The van der Waals surface area contributed by atoms with Gasteiger partial charge in [0.05, 0.1) is 19.0 Å². The number of morpholine rings is 1. The molecule has 2 aromatic rings. The fraction of sp³-hybridized carbons (Fsp3) is 0.357. The van der Waals surface area contributed by atoms with Gasteiger partial charge in [-0.2, -0.15) is 4.37 Å². The summed E-state index contributed by atoms with van der Waals surface area (Å²) in [6.45, 7) is 2.64. The second-order valence-electron chi connectivity index (χ2n) is 4.53. The van der Waals surface area contributed by atoms with Crippen molar-refractivity contribution in [3.05, 3.63) is 30.3 Å². The van der Waals surface area contributed by atoms with E-state index in [1.54, 1.807) is 0 Å². The van der Waals surface area contributed by atoms with E-state index < -0.39 is 0 Å². The highest BCUT2D eigenvalue weighted by atomic mass is 32.2. The number of carbonyl (C=O) groups excluding carboxylic acids is 1. The maximum atomic E-state index is 12.1. The van der Waals surface area contributed by atoms with E-state index in [1.807, 2.05) is 35.2 Å². The molecule has 110 valence electrons. The molecule has 21 heavy (non-hydrogen) atoms. The van der Waals surface area contributed by atoms with Gasteiger partial charge in [-0.05, 0) is 11.5 Å². The molecule has 5 nitrogen and oxygen atoms in total. The molecule has 1 aliphatic heterocycles. The van der Waals surface area contributed by atoms with Gasteiger partial charge in [-0.3, -0.25) is 4.79 Å². The third kappa shape index (κ3) is 3.81. The number of aromatic nitrogens is 2. The van der Waals surface area contributed by atoms with Gasteiger partial charge in [-0.1, -0.05) is 42.1 Å². The highest BCUT2D eigenvalue weighted by Gasteiger charge is 2.17. The Labute approximate surface area is 131 Å². The standard InChI is InChI=1S/C14H15N3O2S2/c18-12(17-6-8-19-9-7-17)10-20-14-15-13(16-21-14)11-4-2-1-3-5-11/h1-5H,6-10H2. The van der Waals surface area contributed by atoms with Gasteiger partial charge in [0.25, 0.3) is 0 Å². The predicted octanol–water partition coefficient (Wildman–Crippen LogP) is 2.16. The van der Waals surface area contributed by atoms with Crippen molar-refractivity contribution < 1.29 is 9.53 Å². The quantitative estimate of drug-likeness (QED) is 0.808. The van der Waals surface area contributed by atoms with Gasteiger partial charge < -0.3 is 9.64 Å². The van der Waals surface area contributed by atoms with Crippen molar-refractivity contribution in [1.29, 1.82) is 0 Å². The molecule has 0 spiro atoms. The first kappa shape index (κ1) is 14.5. The zero-order valence-corrected chi connectivity index (χ0v) is 13.0. The Morgan fingerprint density at radius 3 is 2.81 bits per heavy atom. The monoisotopic (exact) mass is 321 g/mol. The van der Waals surface area contributed by atoms with Crippen molar-refractivity contribution in [2.45, 2.75) is 4.34 Å². The Kier molecular flexibility index (Phi) is 4.84. The van der Waals surface area contributed by atoms with E-state index >= 15 is 0 Å². The Morgan fingerprint density at radius 2 is 2.05 bits per heavy atom. The Balaban J connectivity index is 1.56. The average Bonchev–Trinajstić information content (AvgIpc) is 3.03. The zero-order valence-electron chi connectivity index (χ0n) is 11.4. The van der Waals surface area contributed by atoms with Gasteiger partial charge in [0.1, 0.15) is 0 Å². The van der Waals surface area contributed by atoms with Crippen LogP contribution in [0.25, 0.3) is 11.4 Å². The van der Waals surface area contributed by atoms with E-state index in [0.29, 0.717) is 32.1 Å². The maximum absolute atomic E-state index is 12.1. The first-order chi connectivity index (χ1) is 10.3. The molecular weight excluding hydrogens is 306 g/mol. The minimum Gasteiger partial charge on any atom is -0.378 e. The minimum atomic E-state index is 0.139. The summed E-state index contributed by atoms with van der Waals surface area (Å²) < 4.78 is 10.4. The van der Waals surface area contributed by atoms with Crippen LogP contribution in [-0.4, -0.2) is 52.2 Å². The van der Waals surface area contributed by atoms with E-state index in [4.69, 9.17) is 4.74 Å². The second kappa shape index (κ2) is 7.02. The van der Waals surface area contributed by atoms with Crippen LogP contribution in [0.15, 0.2) is 34.7 Å². The first-order valence-electron chi connectivity index (χ1n) is 6.70. The lowest BCUT2D eigenvalue weighted by molar-refractivity contribution is -0.132. The molecule has 0 radical (unpaired) electrons. The summed E-state index contributed by atoms with van der Waals surface area (Å²) in [6, 6.07) is 9.85. The highest BCUT2D eigenvalue weighted by molar-refractivity contribution is 8.01. The number of ether oxygens (including phenoxy) is 1. The van der Waals surface area contributed by atoms with Gasteiger partial charge in [-0.15, -0.1) is 0 Å². The zero-order chi connectivity index (χ0) is 14.5. The second-order valence-corrected chi connectivity index (χ2v) is 6.51. The summed E-state index contributed by atoms with van der Waals surface area (Å²) in [5.41, 5.74) is 1.00. The van der Waals surface area contributed by atoms with Crippen LogP contribution in [-0.2, 0) is 9.53 Å². The molecule has 1 saturated heterocycles. The molecule has 7 heteroatoms. The third-order valence-electron chi connectivity index (χ3n) is 3.12. The first-order valence-corrected chi connectivity index (χ1v) is 8.46. The molecule has 3 rings (SSSR count). The summed E-state index contributed by atoms with van der Waals surface area (Å²) in [6.07, 6.45) is 0. The molecule has 0 bridgehead atoms. The molecule has 0 N–H and O–H groups in total. The van der Waals surface area contributed by atoms with Crippen molar-refractivity contribution >= 4 is 29.2 Å². The molecule has 0 unspecified atom stereocenters. The third-order valence-corrected chi connectivity index (χ3v) is 4.94. The number of hydrogen-bond donors (Lipinski definition) is 0. The Morgan fingerprint density at radius 1 is 1.29 bits per heavy atom. The van der Waals surface area contributed by atoms with Crippen molar-refractivity contribution in [1.82, 2.24) is 14.3 Å². The number of nitrogens with zero attached hydrogens (tertiary/aromatic N) is 3. The fourth-order valence-corrected chi connectivity index (χ4v) is 3.52. The number of thioether (sulfide) groups is 1. The largest absolute Gasteiger partial charge is 0.378 e. The number of amides is 1.